The van der Waals surface area contributed by atoms with Gasteiger partial charge < -0.3 is 10.6 Å². The second-order valence-corrected chi connectivity index (χ2v) is 15.3. The largest absolute Gasteiger partial charge is 0.379 e. The molecule has 54 heavy (non-hydrogen) atoms. The van der Waals surface area contributed by atoms with Crippen molar-refractivity contribution in [3.63, 3.8) is 0 Å². The third-order valence-electron chi connectivity index (χ3n) is 11.8. The van der Waals surface area contributed by atoms with E-state index in [1.165, 1.54) is 77.5 Å². The molecule has 0 saturated carbocycles. The Morgan fingerprint density at radius 2 is 1.22 bits per heavy atom. The predicted octanol–water partition coefficient (Wildman–Crippen LogP) is 13.2. The van der Waals surface area contributed by atoms with E-state index in [1.807, 2.05) is 0 Å². The monoisotopic (exact) mass is 700 g/mol. The average molecular weight is 701 g/mol. The van der Waals surface area contributed by atoms with Crippen molar-refractivity contribution < 1.29 is 0 Å². The second-order valence-electron chi connectivity index (χ2n) is 15.3. The minimum Gasteiger partial charge on any atom is -0.379 e. The Hall–Kier alpha value is -5.86. The van der Waals surface area contributed by atoms with Gasteiger partial charge in [-0.1, -0.05) is 169 Å². The highest BCUT2D eigenvalue weighted by atomic mass is 14.9. The highest BCUT2D eigenvalue weighted by Crippen LogP contribution is 2.46. The molecule has 4 aliphatic carbocycles. The maximum Gasteiger partial charge on any atom is 0.0482 e. The Balaban J connectivity index is 1.14. The number of hydrogen-bond donors (Lipinski definition) is 2. The van der Waals surface area contributed by atoms with E-state index in [4.69, 9.17) is 0 Å². The molecule has 5 aromatic carbocycles. The van der Waals surface area contributed by atoms with Crippen molar-refractivity contribution in [3.8, 4) is 22.3 Å². The van der Waals surface area contributed by atoms with Crippen LogP contribution in [0, 0.1) is 12.8 Å². The van der Waals surface area contributed by atoms with Gasteiger partial charge in [0.15, 0.2) is 0 Å². The minimum atomic E-state index is 0.245. The molecule has 4 atom stereocenters. The van der Waals surface area contributed by atoms with E-state index >= 15 is 0 Å². The van der Waals surface area contributed by atoms with Gasteiger partial charge in [0.2, 0.25) is 0 Å². The zero-order valence-electron chi connectivity index (χ0n) is 31.3. The number of anilines is 1. The topological polar surface area (TPSA) is 24.1 Å². The van der Waals surface area contributed by atoms with Crippen LogP contribution in [0.4, 0.5) is 5.69 Å². The van der Waals surface area contributed by atoms with E-state index in [0.717, 1.165) is 25.7 Å². The maximum atomic E-state index is 4.00. The lowest BCUT2D eigenvalue weighted by Crippen LogP contribution is -2.31. The van der Waals surface area contributed by atoms with Crippen molar-refractivity contribution in [2.45, 2.75) is 57.5 Å². The van der Waals surface area contributed by atoms with Gasteiger partial charge >= 0.3 is 0 Å². The molecule has 0 aromatic heterocycles. The van der Waals surface area contributed by atoms with E-state index in [1.54, 1.807) is 0 Å². The Kier molecular flexibility index (Phi) is 9.35. The number of fused-ring (bicyclic) bond motifs is 2. The SMILES string of the molecule is CC1=CC=CCC1C1=CCC(c2c3ccccc3c(-c3ccc(-c4ccccc4NC4C=CC=CC4)c(C)c3)c3ccccc23)C=C1NC1C=CC=CC1. The summed E-state index contributed by atoms with van der Waals surface area (Å²) in [5, 5.41) is 13.1. The van der Waals surface area contributed by atoms with Crippen LogP contribution in [-0.2, 0) is 0 Å². The Bertz CT molecular complexity index is 2440. The molecule has 2 N–H and O–H groups in total. The normalized spacial score (nSPS) is 21.9. The molecule has 0 saturated heterocycles. The fourth-order valence-corrected chi connectivity index (χ4v) is 9.11. The molecule has 0 fully saturated rings. The van der Waals surface area contributed by atoms with Crippen LogP contribution in [0.2, 0.25) is 0 Å². The van der Waals surface area contributed by atoms with Crippen LogP contribution in [0.5, 0.6) is 0 Å². The standard InChI is InChI=1S/C52H48N2/c1-35-17-9-10-22-41(35)44-32-30-38(34-50(44)54-40-20-7-4-8-21-40)52-47-26-13-11-24-45(47)51(46-25-12-14-27-48(46)52)37-29-31-42(36(2)33-37)43-23-15-16-28-49(43)53-39-18-5-3-6-19-39/h3-18,20,23-29,31-34,38-41,53-54H,19,21-22,30H2,1-2H3. The van der Waals surface area contributed by atoms with Gasteiger partial charge in [0.25, 0.3) is 0 Å². The van der Waals surface area contributed by atoms with Gasteiger partial charge in [0, 0.05) is 40.9 Å². The number of rotatable bonds is 8. The molecule has 0 radical (unpaired) electrons. The van der Waals surface area contributed by atoms with Crippen LogP contribution in [0.3, 0.4) is 0 Å². The first kappa shape index (κ1) is 33.9. The molecule has 0 spiro atoms. The molecule has 4 aliphatic rings. The van der Waals surface area contributed by atoms with E-state index in [2.05, 4.69) is 194 Å². The molecule has 2 heteroatoms. The van der Waals surface area contributed by atoms with E-state index < -0.39 is 0 Å². The van der Waals surface area contributed by atoms with Gasteiger partial charge in [0.05, 0.1) is 0 Å². The molecule has 266 valence electrons. The van der Waals surface area contributed by atoms with Crippen molar-refractivity contribution in [2.75, 3.05) is 5.32 Å². The van der Waals surface area contributed by atoms with Gasteiger partial charge in [0.1, 0.15) is 0 Å². The lowest BCUT2D eigenvalue weighted by Gasteiger charge is -2.32. The van der Waals surface area contributed by atoms with Crippen molar-refractivity contribution >= 4 is 27.2 Å². The first-order valence-corrected chi connectivity index (χ1v) is 19.7. The summed E-state index contributed by atoms with van der Waals surface area (Å²) in [5.41, 5.74) is 13.1. The van der Waals surface area contributed by atoms with Gasteiger partial charge in [-0.15, -0.1) is 0 Å². The molecule has 0 aliphatic heterocycles. The molecule has 0 amide bonds. The van der Waals surface area contributed by atoms with E-state index in [9.17, 15) is 0 Å². The number of benzene rings is 5. The lowest BCUT2D eigenvalue weighted by atomic mass is 9.76. The van der Waals surface area contributed by atoms with E-state index in [0.29, 0.717) is 12.0 Å². The average Bonchev–Trinajstić information content (AvgIpc) is 3.21. The first-order chi connectivity index (χ1) is 26.6. The van der Waals surface area contributed by atoms with Gasteiger partial charge in [-0.2, -0.15) is 0 Å². The molecule has 4 unspecified atom stereocenters. The molecule has 5 aromatic rings. The predicted molar refractivity (Wildman–Crippen MR) is 232 cm³/mol. The van der Waals surface area contributed by atoms with Crippen LogP contribution >= 0.6 is 0 Å². The summed E-state index contributed by atoms with van der Waals surface area (Å²) < 4.78 is 0. The third kappa shape index (κ3) is 6.51. The highest BCUT2D eigenvalue weighted by molar-refractivity contribution is 6.15. The summed E-state index contributed by atoms with van der Waals surface area (Å²) in [6, 6.07) is 34.6. The molecule has 9 rings (SSSR count). The lowest BCUT2D eigenvalue weighted by molar-refractivity contribution is 0.621. The first-order valence-electron chi connectivity index (χ1n) is 19.7. The van der Waals surface area contributed by atoms with Crippen molar-refractivity contribution in [1.29, 1.82) is 0 Å². The molecule has 0 heterocycles. The Morgan fingerprint density at radius 3 is 1.89 bits per heavy atom. The number of nitrogens with one attached hydrogen (secondary N) is 2. The second kappa shape index (κ2) is 14.9. The van der Waals surface area contributed by atoms with Crippen molar-refractivity contribution in [1.82, 2.24) is 5.32 Å². The molecular formula is C52H48N2. The fourth-order valence-electron chi connectivity index (χ4n) is 9.11. The highest BCUT2D eigenvalue weighted by Gasteiger charge is 2.28. The summed E-state index contributed by atoms with van der Waals surface area (Å²) in [6.07, 6.45) is 33.6. The molecular weight excluding hydrogens is 653 g/mol. The smallest absolute Gasteiger partial charge is 0.0482 e. The van der Waals surface area contributed by atoms with Gasteiger partial charge in [-0.25, -0.2) is 0 Å². The van der Waals surface area contributed by atoms with Crippen LogP contribution in [0.15, 0.2) is 187 Å². The van der Waals surface area contributed by atoms with Crippen molar-refractivity contribution in [2.24, 2.45) is 5.92 Å². The summed E-state index contributed by atoms with van der Waals surface area (Å²) in [6.45, 7) is 4.55. The number of para-hydroxylation sites is 1. The molecule has 2 nitrogen and oxygen atoms in total. The van der Waals surface area contributed by atoms with E-state index in [-0.39, 0.29) is 12.0 Å². The van der Waals surface area contributed by atoms with Gasteiger partial charge in [-0.3, -0.25) is 0 Å². The van der Waals surface area contributed by atoms with Crippen LogP contribution in [0.25, 0.3) is 43.8 Å². The quantitative estimate of drug-likeness (QED) is 0.157. The summed E-state index contributed by atoms with van der Waals surface area (Å²) in [4.78, 5) is 0. The number of allylic oxidation sites excluding steroid dienone is 11. The molecule has 0 bridgehead atoms. The summed E-state index contributed by atoms with van der Waals surface area (Å²) in [5.74, 6) is 0.651. The zero-order chi connectivity index (χ0) is 36.4. The Morgan fingerprint density at radius 1 is 0.574 bits per heavy atom. The zero-order valence-corrected chi connectivity index (χ0v) is 31.3. The van der Waals surface area contributed by atoms with Crippen LogP contribution in [0.1, 0.15) is 49.7 Å². The van der Waals surface area contributed by atoms with Gasteiger partial charge in [-0.05, 0) is 101 Å². The van der Waals surface area contributed by atoms with Crippen LogP contribution < -0.4 is 10.6 Å². The minimum absolute atomic E-state index is 0.245. The summed E-state index contributed by atoms with van der Waals surface area (Å²) in [7, 11) is 0. The number of aryl methyl sites for hydroxylation is 1. The maximum absolute atomic E-state index is 4.00. The Labute approximate surface area is 320 Å². The van der Waals surface area contributed by atoms with Crippen molar-refractivity contribution in [3.05, 3.63) is 198 Å². The fraction of sp³-hybridized carbons (Fsp3) is 0.192. The third-order valence-corrected chi connectivity index (χ3v) is 11.8. The summed E-state index contributed by atoms with van der Waals surface area (Å²) >= 11 is 0. The van der Waals surface area contributed by atoms with Crippen LogP contribution in [-0.4, -0.2) is 12.1 Å². The number of hydrogen-bond acceptors (Lipinski definition) is 2.